The Hall–Kier alpha value is -2.49. The summed E-state index contributed by atoms with van der Waals surface area (Å²) in [4.78, 5) is 14.4. The Morgan fingerprint density at radius 3 is 2.62 bits per heavy atom. The van der Waals surface area contributed by atoms with Crippen LogP contribution in [-0.4, -0.2) is 24.5 Å². The van der Waals surface area contributed by atoms with Gasteiger partial charge >= 0.3 is 0 Å². The number of benzene rings is 2. The third-order valence-corrected chi connectivity index (χ3v) is 4.32. The number of fused-ring (bicyclic) bond motifs is 1. The summed E-state index contributed by atoms with van der Waals surface area (Å²) in [6, 6.07) is 15.5. The van der Waals surface area contributed by atoms with Crippen LogP contribution >= 0.6 is 0 Å². The molecule has 0 aromatic heterocycles. The summed E-state index contributed by atoms with van der Waals surface area (Å²) in [5, 5.41) is 3.46. The lowest BCUT2D eigenvalue weighted by Gasteiger charge is -2.36. The van der Waals surface area contributed by atoms with Crippen LogP contribution in [0.4, 0.5) is 5.69 Å². The van der Waals surface area contributed by atoms with Gasteiger partial charge in [-0.05, 0) is 30.5 Å². The maximum absolute atomic E-state index is 12.7. The van der Waals surface area contributed by atoms with E-state index in [-0.39, 0.29) is 12.1 Å². The van der Waals surface area contributed by atoms with Crippen molar-refractivity contribution in [2.45, 2.75) is 26.4 Å². The van der Waals surface area contributed by atoms with Crippen LogP contribution in [0.2, 0.25) is 0 Å². The van der Waals surface area contributed by atoms with E-state index in [1.54, 1.807) is 4.90 Å². The van der Waals surface area contributed by atoms with Crippen molar-refractivity contribution in [1.82, 2.24) is 4.90 Å². The zero-order valence-electron chi connectivity index (χ0n) is 14.5. The third kappa shape index (κ3) is 3.23. The molecule has 2 aromatic rings. The SMILES string of the molecule is CC(C)CCOc1ccccc1C1Nc2ccccc2C(=O)N1C. The maximum Gasteiger partial charge on any atom is 0.257 e. The minimum Gasteiger partial charge on any atom is -0.493 e. The topological polar surface area (TPSA) is 41.6 Å². The van der Waals surface area contributed by atoms with Crippen molar-refractivity contribution in [3.63, 3.8) is 0 Å². The molecule has 0 radical (unpaired) electrons. The van der Waals surface area contributed by atoms with Gasteiger partial charge in [-0.1, -0.05) is 44.2 Å². The van der Waals surface area contributed by atoms with Crippen LogP contribution in [0.1, 0.15) is 42.4 Å². The lowest BCUT2D eigenvalue weighted by atomic mass is 10.0. The highest BCUT2D eigenvalue weighted by molar-refractivity contribution is 6.01. The van der Waals surface area contributed by atoms with E-state index in [4.69, 9.17) is 4.74 Å². The molecule has 1 N–H and O–H groups in total. The molecule has 1 heterocycles. The fourth-order valence-corrected chi connectivity index (χ4v) is 2.88. The Labute approximate surface area is 143 Å². The van der Waals surface area contributed by atoms with Crippen LogP contribution in [0.25, 0.3) is 0 Å². The van der Waals surface area contributed by atoms with Crippen LogP contribution in [-0.2, 0) is 0 Å². The monoisotopic (exact) mass is 324 g/mol. The van der Waals surface area contributed by atoms with E-state index in [1.165, 1.54) is 0 Å². The van der Waals surface area contributed by atoms with Crippen LogP contribution < -0.4 is 10.1 Å². The van der Waals surface area contributed by atoms with Crippen molar-refractivity contribution >= 4 is 11.6 Å². The van der Waals surface area contributed by atoms with Gasteiger partial charge in [0.15, 0.2) is 0 Å². The van der Waals surface area contributed by atoms with Gasteiger partial charge in [0, 0.05) is 18.3 Å². The lowest BCUT2D eigenvalue weighted by molar-refractivity contribution is 0.0733. The Bertz CT molecular complexity index is 727. The standard InChI is InChI=1S/C20H24N2O2/c1-14(2)12-13-24-18-11-7-5-9-16(18)19-21-17-10-6-4-8-15(17)20(23)22(19)3/h4-11,14,19,21H,12-13H2,1-3H3. The first-order valence-corrected chi connectivity index (χ1v) is 8.42. The maximum atomic E-state index is 12.7. The second-order valence-corrected chi connectivity index (χ2v) is 6.58. The van der Waals surface area contributed by atoms with Gasteiger partial charge in [-0.3, -0.25) is 4.79 Å². The minimum atomic E-state index is -0.234. The number of nitrogens with one attached hydrogen (secondary N) is 1. The van der Waals surface area contributed by atoms with Crippen molar-refractivity contribution in [1.29, 1.82) is 0 Å². The zero-order valence-corrected chi connectivity index (χ0v) is 14.5. The number of hydrogen-bond donors (Lipinski definition) is 1. The molecule has 1 atom stereocenters. The van der Waals surface area contributed by atoms with Crippen molar-refractivity contribution in [2.24, 2.45) is 5.92 Å². The van der Waals surface area contributed by atoms with Crippen molar-refractivity contribution in [2.75, 3.05) is 19.0 Å². The first-order chi connectivity index (χ1) is 11.6. The van der Waals surface area contributed by atoms with E-state index in [2.05, 4.69) is 19.2 Å². The number of anilines is 1. The fourth-order valence-electron chi connectivity index (χ4n) is 2.88. The van der Waals surface area contributed by atoms with Crippen molar-refractivity contribution in [3.8, 4) is 5.75 Å². The number of hydrogen-bond acceptors (Lipinski definition) is 3. The first-order valence-electron chi connectivity index (χ1n) is 8.42. The molecule has 2 aromatic carbocycles. The lowest BCUT2D eigenvalue weighted by Crippen LogP contribution is -2.40. The van der Waals surface area contributed by atoms with Crippen molar-refractivity contribution < 1.29 is 9.53 Å². The number of para-hydroxylation sites is 2. The zero-order chi connectivity index (χ0) is 17.1. The van der Waals surface area contributed by atoms with E-state index in [0.29, 0.717) is 18.1 Å². The second kappa shape index (κ2) is 6.95. The van der Waals surface area contributed by atoms with Gasteiger partial charge in [-0.15, -0.1) is 0 Å². The van der Waals surface area contributed by atoms with Gasteiger partial charge in [0.25, 0.3) is 5.91 Å². The van der Waals surface area contributed by atoms with Gasteiger partial charge in [0.1, 0.15) is 11.9 Å². The highest BCUT2D eigenvalue weighted by Gasteiger charge is 2.31. The average molecular weight is 324 g/mol. The molecule has 24 heavy (non-hydrogen) atoms. The molecule has 1 aliphatic rings. The van der Waals surface area contributed by atoms with Crippen LogP contribution in [0, 0.1) is 5.92 Å². The van der Waals surface area contributed by atoms with E-state index in [0.717, 1.165) is 23.4 Å². The molecular formula is C20H24N2O2. The van der Waals surface area contributed by atoms with Gasteiger partial charge in [-0.25, -0.2) is 0 Å². The highest BCUT2D eigenvalue weighted by Crippen LogP contribution is 2.35. The van der Waals surface area contributed by atoms with Crippen LogP contribution in [0.15, 0.2) is 48.5 Å². The van der Waals surface area contributed by atoms with E-state index in [1.807, 2.05) is 55.6 Å². The number of carbonyl (C=O) groups is 1. The summed E-state index contributed by atoms with van der Waals surface area (Å²) in [6.07, 6.45) is 0.770. The van der Waals surface area contributed by atoms with E-state index < -0.39 is 0 Å². The normalized spacial score (nSPS) is 16.8. The second-order valence-electron chi connectivity index (χ2n) is 6.58. The summed E-state index contributed by atoms with van der Waals surface area (Å²) in [7, 11) is 1.82. The molecule has 0 bridgehead atoms. The predicted octanol–water partition coefficient (Wildman–Crippen LogP) is 4.31. The Kier molecular flexibility index (Phi) is 4.74. The summed E-state index contributed by atoms with van der Waals surface area (Å²) < 4.78 is 5.99. The number of amides is 1. The summed E-state index contributed by atoms with van der Waals surface area (Å²) >= 11 is 0. The van der Waals surface area contributed by atoms with Gasteiger partial charge in [-0.2, -0.15) is 0 Å². The molecular weight excluding hydrogens is 300 g/mol. The van der Waals surface area contributed by atoms with Crippen LogP contribution in [0.5, 0.6) is 5.75 Å². The molecule has 0 saturated heterocycles. The molecule has 1 unspecified atom stereocenters. The first kappa shape index (κ1) is 16.4. The van der Waals surface area contributed by atoms with E-state index >= 15 is 0 Å². The Balaban J connectivity index is 1.88. The quantitative estimate of drug-likeness (QED) is 0.891. The molecule has 3 rings (SSSR count). The molecule has 4 nitrogen and oxygen atoms in total. The average Bonchev–Trinajstić information content (AvgIpc) is 2.58. The number of nitrogens with zero attached hydrogens (tertiary/aromatic N) is 1. The van der Waals surface area contributed by atoms with E-state index in [9.17, 15) is 4.79 Å². The van der Waals surface area contributed by atoms with Crippen LogP contribution in [0.3, 0.4) is 0 Å². The number of ether oxygens (including phenoxy) is 1. The fraction of sp³-hybridized carbons (Fsp3) is 0.350. The highest BCUT2D eigenvalue weighted by atomic mass is 16.5. The number of rotatable bonds is 5. The Morgan fingerprint density at radius 1 is 1.12 bits per heavy atom. The minimum absolute atomic E-state index is 0.0198. The van der Waals surface area contributed by atoms with Gasteiger partial charge < -0.3 is 15.0 Å². The molecule has 4 heteroatoms. The van der Waals surface area contributed by atoms with Gasteiger partial charge in [0.05, 0.1) is 12.2 Å². The van der Waals surface area contributed by atoms with Crippen molar-refractivity contribution in [3.05, 3.63) is 59.7 Å². The third-order valence-electron chi connectivity index (χ3n) is 4.32. The molecule has 0 spiro atoms. The molecule has 1 aliphatic heterocycles. The summed E-state index contributed by atoms with van der Waals surface area (Å²) in [5.74, 6) is 1.45. The summed E-state index contributed by atoms with van der Waals surface area (Å²) in [5.41, 5.74) is 2.55. The smallest absolute Gasteiger partial charge is 0.257 e. The number of carbonyl (C=O) groups excluding carboxylic acids is 1. The molecule has 0 saturated carbocycles. The molecule has 1 amide bonds. The Morgan fingerprint density at radius 2 is 1.83 bits per heavy atom. The molecule has 0 aliphatic carbocycles. The predicted molar refractivity (Wildman–Crippen MR) is 96.3 cm³/mol. The van der Waals surface area contributed by atoms with Gasteiger partial charge in [0.2, 0.25) is 0 Å². The largest absolute Gasteiger partial charge is 0.493 e. The molecule has 126 valence electrons. The molecule has 0 fully saturated rings. The summed E-state index contributed by atoms with van der Waals surface area (Å²) in [6.45, 7) is 5.04.